The molecule has 1 rings (SSSR count). The lowest BCUT2D eigenvalue weighted by Crippen LogP contribution is -2.28. The van der Waals surface area contributed by atoms with Crippen LogP contribution in [0.25, 0.3) is 0 Å². The number of benzene rings is 1. The maximum Gasteiger partial charge on any atom is 0.306 e. The van der Waals surface area contributed by atoms with E-state index < -0.39 is 11.6 Å². The number of carbonyl (C=O) groups is 1. The van der Waals surface area contributed by atoms with Gasteiger partial charge in [0.15, 0.2) is 11.5 Å². The molecule has 0 saturated heterocycles. The summed E-state index contributed by atoms with van der Waals surface area (Å²) >= 11 is 0. The summed E-state index contributed by atoms with van der Waals surface area (Å²) in [5, 5.41) is 19.2. The first-order valence-corrected chi connectivity index (χ1v) is 5.63. The van der Waals surface area contributed by atoms with E-state index in [-0.39, 0.29) is 6.42 Å². The van der Waals surface area contributed by atoms with Gasteiger partial charge in [0.05, 0.1) is 26.2 Å². The second-order valence-corrected chi connectivity index (χ2v) is 4.03. The molecule has 0 amide bonds. The summed E-state index contributed by atoms with van der Waals surface area (Å²) in [7, 11) is 3.00. The van der Waals surface area contributed by atoms with Crippen molar-refractivity contribution in [1.82, 2.24) is 0 Å². The SMILES string of the molecule is CCC(O)(CC(=O)O)c1ccc(OC)c(OC)c1. The van der Waals surface area contributed by atoms with Gasteiger partial charge in [-0.15, -0.1) is 0 Å². The monoisotopic (exact) mass is 254 g/mol. The molecule has 1 atom stereocenters. The zero-order chi connectivity index (χ0) is 13.8. The number of hydrogen-bond donors (Lipinski definition) is 2. The molecule has 1 aromatic carbocycles. The molecule has 5 heteroatoms. The lowest BCUT2D eigenvalue weighted by molar-refractivity contribution is -0.143. The molecule has 1 unspecified atom stereocenters. The number of carboxylic acids is 1. The van der Waals surface area contributed by atoms with Crippen molar-refractivity contribution in [3.63, 3.8) is 0 Å². The van der Waals surface area contributed by atoms with Crippen molar-refractivity contribution >= 4 is 5.97 Å². The number of rotatable bonds is 6. The first-order chi connectivity index (χ1) is 8.46. The lowest BCUT2D eigenvalue weighted by atomic mass is 9.88. The predicted molar refractivity (Wildman–Crippen MR) is 66.0 cm³/mol. The Hall–Kier alpha value is -1.75. The third-order valence-electron chi connectivity index (χ3n) is 2.95. The Labute approximate surface area is 106 Å². The van der Waals surface area contributed by atoms with Gasteiger partial charge in [-0.1, -0.05) is 13.0 Å². The third-order valence-corrected chi connectivity index (χ3v) is 2.95. The number of aliphatic hydroxyl groups is 1. The Kier molecular flexibility index (Phi) is 4.55. The Balaban J connectivity index is 3.18. The van der Waals surface area contributed by atoms with E-state index in [9.17, 15) is 9.90 Å². The van der Waals surface area contributed by atoms with E-state index in [1.807, 2.05) is 0 Å². The maximum atomic E-state index is 10.8. The van der Waals surface area contributed by atoms with Gasteiger partial charge in [0.25, 0.3) is 0 Å². The summed E-state index contributed by atoms with van der Waals surface area (Å²) in [6.45, 7) is 1.74. The summed E-state index contributed by atoms with van der Waals surface area (Å²) < 4.78 is 10.2. The molecular formula is C13H18O5. The van der Waals surface area contributed by atoms with Crippen LogP contribution in [-0.4, -0.2) is 30.4 Å². The van der Waals surface area contributed by atoms with E-state index in [2.05, 4.69) is 0 Å². The fraction of sp³-hybridized carbons (Fsp3) is 0.462. The number of aliphatic carboxylic acids is 1. The van der Waals surface area contributed by atoms with Gasteiger partial charge >= 0.3 is 5.97 Å². The topological polar surface area (TPSA) is 76.0 Å². The summed E-state index contributed by atoms with van der Waals surface area (Å²) in [6, 6.07) is 4.90. The van der Waals surface area contributed by atoms with Crippen molar-refractivity contribution < 1.29 is 24.5 Å². The normalized spacial score (nSPS) is 13.8. The molecule has 18 heavy (non-hydrogen) atoms. The van der Waals surface area contributed by atoms with Gasteiger partial charge in [-0.2, -0.15) is 0 Å². The van der Waals surface area contributed by atoms with E-state index in [0.717, 1.165) is 0 Å². The van der Waals surface area contributed by atoms with Crippen LogP contribution < -0.4 is 9.47 Å². The van der Waals surface area contributed by atoms with Gasteiger partial charge in [0, 0.05) is 0 Å². The van der Waals surface area contributed by atoms with Crippen LogP contribution >= 0.6 is 0 Å². The number of methoxy groups -OCH3 is 2. The van der Waals surface area contributed by atoms with Crippen LogP contribution in [0, 0.1) is 0 Å². The smallest absolute Gasteiger partial charge is 0.306 e. The molecule has 2 N–H and O–H groups in total. The molecule has 100 valence electrons. The zero-order valence-electron chi connectivity index (χ0n) is 10.8. The first-order valence-electron chi connectivity index (χ1n) is 5.63. The largest absolute Gasteiger partial charge is 0.493 e. The molecule has 0 aliphatic rings. The lowest BCUT2D eigenvalue weighted by Gasteiger charge is -2.26. The van der Waals surface area contributed by atoms with Crippen LogP contribution in [0.3, 0.4) is 0 Å². The standard InChI is InChI=1S/C13H18O5/c1-4-13(16,8-12(14)15)9-5-6-10(17-2)11(7-9)18-3/h5-7,16H,4,8H2,1-3H3,(H,14,15). The molecule has 0 aromatic heterocycles. The molecule has 0 aliphatic heterocycles. The quantitative estimate of drug-likeness (QED) is 0.809. The van der Waals surface area contributed by atoms with Crippen LogP contribution in [0.15, 0.2) is 18.2 Å². The van der Waals surface area contributed by atoms with Crippen molar-refractivity contribution in [3.05, 3.63) is 23.8 Å². The number of carboxylic acid groups (broad SMARTS) is 1. The minimum absolute atomic E-state index is 0.300. The first kappa shape index (κ1) is 14.3. The van der Waals surface area contributed by atoms with Crippen molar-refractivity contribution in [2.75, 3.05) is 14.2 Å². The summed E-state index contributed by atoms with van der Waals surface area (Å²) in [6.07, 6.45) is -0.0479. The van der Waals surface area contributed by atoms with E-state index in [1.54, 1.807) is 25.1 Å². The van der Waals surface area contributed by atoms with E-state index in [0.29, 0.717) is 23.5 Å². The van der Waals surface area contributed by atoms with Gasteiger partial charge in [0.1, 0.15) is 0 Å². The van der Waals surface area contributed by atoms with Crippen molar-refractivity contribution in [2.24, 2.45) is 0 Å². The Morgan fingerprint density at radius 2 is 1.89 bits per heavy atom. The average Bonchev–Trinajstić information content (AvgIpc) is 2.36. The van der Waals surface area contributed by atoms with Crippen molar-refractivity contribution in [2.45, 2.75) is 25.4 Å². The highest BCUT2D eigenvalue weighted by Gasteiger charge is 2.31. The van der Waals surface area contributed by atoms with Gasteiger partial charge in [-0.3, -0.25) is 4.79 Å². The molecule has 1 aromatic rings. The highest BCUT2D eigenvalue weighted by molar-refractivity contribution is 5.68. The number of hydrogen-bond acceptors (Lipinski definition) is 4. The molecule has 0 spiro atoms. The van der Waals surface area contributed by atoms with E-state index in [4.69, 9.17) is 14.6 Å². The fourth-order valence-corrected chi connectivity index (χ4v) is 1.81. The van der Waals surface area contributed by atoms with Crippen LogP contribution in [0.4, 0.5) is 0 Å². The maximum absolute atomic E-state index is 10.8. The Morgan fingerprint density at radius 3 is 2.33 bits per heavy atom. The summed E-state index contributed by atoms with van der Waals surface area (Å²) in [5.41, 5.74) is -0.893. The van der Waals surface area contributed by atoms with Gasteiger partial charge in [0.2, 0.25) is 0 Å². The molecule has 0 fully saturated rings. The minimum atomic E-state index is -1.40. The van der Waals surface area contributed by atoms with Crippen molar-refractivity contribution in [3.8, 4) is 11.5 Å². The van der Waals surface area contributed by atoms with Crippen LogP contribution in [-0.2, 0) is 10.4 Å². The molecule has 0 saturated carbocycles. The second-order valence-electron chi connectivity index (χ2n) is 4.03. The predicted octanol–water partition coefficient (Wildman–Crippen LogP) is 1.78. The van der Waals surface area contributed by atoms with Gasteiger partial charge in [-0.25, -0.2) is 0 Å². The molecule has 0 heterocycles. The summed E-state index contributed by atoms with van der Waals surface area (Å²) in [4.78, 5) is 10.8. The van der Waals surface area contributed by atoms with Crippen molar-refractivity contribution in [1.29, 1.82) is 0 Å². The Morgan fingerprint density at radius 1 is 1.28 bits per heavy atom. The average molecular weight is 254 g/mol. The van der Waals surface area contributed by atoms with Crippen LogP contribution in [0.1, 0.15) is 25.3 Å². The molecule has 0 bridgehead atoms. The van der Waals surface area contributed by atoms with E-state index >= 15 is 0 Å². The molecule has 0 radical (unpaired) electrons. The highest BCUT2D eigenvalue weighted by atomic mass is 16.5. The Bertz CT molecular complexity index is 429. The van der Waals surface area contributed by atoms with Gasteiger partial charge in [-0.05, 0) is 24.1 Å². The zero-order valence-corrected chi connectivity index (χ0v) is 10.8. The second kappa shape index (κ2) is 5.73. The van der Waals surface area contributed by atoms with Crippen LogP contribution in [0.5, 0.6) is 11.5 Å². The highest BCUT2D eigenvalue weighted by Crippen LogP contribution is 2.35. The summed E-state index contributed by atoms with van der Waals surface area (Å²) in [5.74, 6) is -0.0450. The molecular weight excluding hydrogens is 236 g/mol. The van der Waals surface area contributed by atoms with E-state index in [1.165, 1.54) is 14.2 Å². The minimum Gasteiger partial charge on any atom is -0.493 e. The third kappa shape index (κ3) is 2.92. The molecule has 0 aliphatic carbocycles. The van der Waals surface area contributed by atoms with Crippen LogP contribution in [0.2, 0.25) is 0 Å². The molecule has 5 nitrogen and oxygen atoms in total. The van der Waals surface area contributed by atoms with Gasteiger partial charge < -0.3 is 19.7 Å². The fourth-order valence-electron chi connectivity index (χ4n) is 1.81. The number of ether oxygens (including phenoxy) is 2.